The summed E-state index contributed by atoms with van der Waals surface area (Å²) in [5.74, 6) is -1.06. The van der Waals surface area contributed by atoms with Crippen LogP contribution in [-0.2, 0) is 4.79 Å². The Balaban J connectivity index is 2.40. The summed E-state index contributed by atoms with van der Waals surface area (Å²) in [6.45, 7) is 0. The maximum absolute atomic E-state index is 11.0. The lowest BCUT2D eigenvalue weighted by molar-refractivity contribution is -0.137. The van der Waals surface area contributed by atoms with Crippen molar-refractivity contribution in [2.45, 2.75) is 12.3 Å². The van der Waals surface area contributed by atoms with Crippen molar-refractivity contribution in [3.05, 3.63) is 64.7 Å². The van der Waals surface area contributed by atoms with Crippen molar-refractivity contribution in [3.63, 3.8) is 0 Å². The summed E-state index contributed by atoms with van der Waals surface area (Å²) in [5.41, 5.74) is 1.63. The Morgan fingerprint density at radius 2 is 1.79 bits per heavy atom. The quantitative estimate of drug-likeness (QED) is 0.896. The number of rotatable bonds is 4. The largest absolute Gasteiger partial charge is 0.508 e. The molecule has 0 aromatic heterocycles. The average molecular weight is 277 g/mol. The fourth-order valence-electron chi connectivity index (χ4n) is 2.04. The van der Waals surface area contributed by atoms with Gasteiger partial charge in [-0.15, -0.1) is 0 Å². The molecule has 2 N–H and O–H groups in total. The van der Waals surface area contributed by atoms with Crippen LogP contribution in [0, 0.1) is 0 Å². The molecule has 0 bridgehead atoms. The number of phenols is 1. The highest BCUT2D eigenvalue weighted by Crippen LogP contribution is 2.30. The highest BCUT2D eigenvalue weighted by Gasteiger charge is 2.18. The molecule has 4 heteroatoms. The number of carboxylic acid groups (broad SMARTS) is 1. The normalized spacial score (nSPS) is 12.1. The van der Waals surface area contributed by atoms with Gasteiger partial charge in [0.25, 0.3) is 0 Å². The number of carbonyl (C=O) groups is 1. The van der Waals surface area contributed by atoms with E-state index in [2.05, 4.69) is 0 Å². The van der Waals surface area contributed by atoms with Crippen molar-refractivity contribution >= 4 is 17.6 Å². The van der Waals surface area contributed by atoms with Gasteiger partial charge >= 0.3 is 5.97 Å². The smallest absolute Gasteiger partial charge is 0.304 e. The molecule has 2 aromatic rings. The first-order valence-electron chi connectivity index (χ1n) is 5.82. The maximum Gasteiger partial charge on any atom is 0.304 e. The van der Waals surface area contributed by atoms with E-state index < -0.39 is 5.97 Å². The summed E-state index contributed by atoms with van der Waals surface area (Å²) in [4.78, 5) is 11.0. The molecule has 0 saturated heterocycles. The topological polar surface area (TPSA) is 57.5 Å². The monoisotopic (exact) mass is 276 g/mol. The lowest BCUT2D eigenvalue weighted by atomic mass is 9.88. The molecule has 1 atom stereocenters. The van der Waals surface area contributed by atoms with Gasteiger partial charge in [0.15, 0.2) is 0 Å². The Morgan fingerprint density at radius 1 is 1.11 bits per heavy atom. The first-order valence-corrected chi connectivity index (χ1v) is 6.20. The number of halogens is 1. The van der Waals surface area contributed by atoms with Gasteiger partial charge < -0.3 is 10.2 Å². The molecule has 19 heavy (non-hydrogen) atoms. The molecule has 0 radical (unpaired) electrons. The molecule has 98 valence electrons. The minimum absolute atomic E-state index is 0.0366. The SMILES string of the molecule is O=C(O)CC(c1ccc(Cl)cc1)c1cccc(O)c1. The molecule has 0 aliphatic heterocycles. The number of benzene rings is 2. The van der Waals surface area contributed by atoms with Crippen LogP contribution in [0.25, 0.3) is 0 Å². The highest BCUT2D eigenvalue weighted by atomic mass is 35.5. The second-order valence-corrected chi connectivity index (χ2v) is 4.73. The lowest BCUT2D eigenvalue weighted by Gasteiger charge is -2.16. The van der Waals surface area contributed by atoms with E-state index in [-0.39, 0.29) is 18.1 Å². The highest BCUT2D eigenvalue weighted by molar-refractivity contribution is 6.30. The van der Waals surface area contributed by atoms with E-state index in [1.807, 2.05) is 6.07 Å². The molecular formula is C15H13ClO3. The summed E-state index contributed by atoms with van der Waals surface area (Å²) in [6.07, 6.45) is -0.0366. The van der Waals surface area contributed by atoms with E-state index in [4.69, 9.17) is 16.7 Å². The van der Waals surface area contributed by atoms with Crippen LogP contribution in [0.15, 0.2) is 48.5 Å². The number of aliphatic carboxylic acids is 1. The summed E-state index contributed by atoms with van der Waals surface area (Å²) in [6, 6.07) is 13.7. The zero-order valence-corrected chi connectivity index (χ0v) is 10.8. The van der Waals surface area contributed by atoms with Crippen LogP contribution in [-0.4, -0.2) is 16.2 Å². The van der Waals surface area contributed by atoms with Crippen LogP contribution < -0.4 is 0 Å². The van der Waals surface area contributed by atoms with Gasteiger partial charge in [0.05, 0.1) is 6.42 Å². The Labute approximate surface area is 116 Å². The van der Waals surface area contributed by atoms with Crippen LogP contribution in [0.3, 0.4) is 0 Å². The number of aromatic hydroxyl groups is 1. The van der Waals surface area contributed by atoms with Crippen molar-refractivity contribution in [2.24, 2.45) is 0 Å². The third-order valence-electron chi connectivity index (χ3n) is 2.92. The second-order valence-electron chi connectivity index (χ2n) is 4.30. The molecule has 0 amide bonds. The van der Waals surface area contributed by atoms with E-state index in [0.29, 0.717) is 5.02 Å². The zero-order chi connectivity index (χ0) is 13.8. The van der Waals surface area contributed by atoms with E-state index in [1.165, 1.54) is 0 Å². The van der Waals surface area contributed by atoms with Gasteiger partial charge in [-0.05, 0) is 35.4 Å². The van der Waals surface area contributed by atoms with Gasteiger partial charge in [-0.1, -0.05) is 35.9 Å². The van der Waals surface area contributed by atoms with Crippen molar-refractivity contribution in [3.8, 4) is 5.75 Å². The Bertz CT molecular complexity index is 578. The van der Waals surface area contributed by atoms with Crippen molar-refractivity contribution in [2.75, 3.05) is 0 Å². The van der Waals surface area contributed by atoms with Crippen LogP contribution in [0.5, 0.6) is 5.75 Å². The van der Waals surface area contributed by atoms with Gasteiger partial charge in [0, 0.05) is 10.9 Å². The minimum Gasteiger partial charge on any atom is -0.508 e. The van der Waals surface area contributed by atoms with Crippen LogP contribution >= 0.6 is 11.6 Å². The van der Waals surface area contributed by atoms with Gasteiger partial charge in [0.1, 0.15) is 5.75 Å². The van der Waals surface area contributed by atoms with Crippen molar-refractivity contribution < 1.29 is 15.0 Å². The molecule has 0 spiro atoms. The molecule has 2 aromatic carbocycles. The van der Waals surface area contributed by atoms with Gasteiger partial charge in [0.2, 0.25) is 0 Å². The van der Waals surface area contributed by atoms with E-state index in [1.54, 1.807) is 42.5 Å². The fraction of sp³-hybridized carbons (Fsp3) is 0.133. The number of hydrogen-bond donors (Lipinski definition) is 2. The predicted octanol–water partition coefficient (Wildman–Crippen LogP) is 3.65. The van der Waals surface area contributed by atoms with E-state index in [0.717, 1.165) is 11.1 Å². The molecule has 0 fully saturated rings. The summed E-state index contributed by atoms with van der Waals surface area (Å²) in [7, 11) is 0. The predicted molar refractivity (Wildman–Crippen MR) is 73.7 cm³/mol. The van der Waals surface area contributed by atoms with E-state index >= 15 is 0 Å². The van der Waals surface area contributed by atoms with Crippen molar-refractivity contribution in [1.82, 2.24) is 0 Å². The van der Waals surface area contributed by atoms with Gasteiger partial charge in [-0.2, -0.15) is 0 Å². The number of phenolic OH excluding ortho intramolecular Hbond substituents is 1. The molecule has 2 rings (SSSR count). The Kier molecular flexibility index (Phi) is 4.07. The molecule has 0 heterocycles. The summed E-state index contributed by atoms with van der Waals surface area (Å²) in [5, 5.41) is 19.2. The first kappa shape index (κ1) is 13.4. The first-order chi connectivity index (χ1) is 9.06. The molecule has 1 unspecified atom stereocenters. The van der Waals surface area contributed by atoms with Gasteiger partial charge in [-0.3, -0.25) is 4.79 Å². The summed E-state index contributed by atoms with van der Waals surface area (Å²) < 4.78 is 0. The van der Waals surface area contributed by atoms with Gasteiger partial charge in [-0.25, -0.2) is 0 Å². The third-order valence-corrected chi connectivity index (χ3v) is 3.18. The molecule has 0 saturated carbocycles. The average Bonchev–Trinajstić information content (AvgIpc) is 2.37. The Morgan fingerprint density at radius 3 is 2.37 bits per heavy atom. The maximum atomic E-state index is 11.0. The minimum atomic E-state index is -0.886. The summed E-state index contributed by atoms with van der Waals surface area (Å²) >= 11 is 5.84. The van der Waals surface area contributed by atoms with Crippen LogP contribution in [0.2, 0.25) is 5.02 Å². The standard InChI is InChI=1S/C15H13ClO3/c16-12-6-4-10(5-7-12)14(9-15(18)19)11-2-1-3-13(17)8-11/h1-8,14,17H,9H2,(H,18,19). The molecule has 3 nitrogen and oxygen atoms in total. The van der Waals surface area contributed by atoms with Crippen LogP contribution in [0.4, 0.5) is 0 Å². The molecule has 0 aliphatic rings. The second kappa shape index (κ2) is 5.76. The third kappa shape index (κ3) is 3.48. The van der Waals surface area contributed by atoms with Crippen LogP contribution in [0.1, 0.15) is 23.5 Å². The number of hydrogen-bond acceptors (Lipinski definition) is 2. The number of carboxylic acids is 1. The van der Waals surface area contributed by atoms with Crippen molar-refractivity contribution in [1.29, 1.82) is 0 Å². The lowest BCUT2D eigenvalue weighted by Crippen LogP contribution is -2.07. The zero-order valence-electron chi connectivity index (χ0n) is 10.1. The van der Waals surface area contributed by atoms with E-state index in [9.17, 15) is 9.90 Å². The molecule has 0 aliphatic carbocycles. The fourth-order valence-corrected chi connectivity index (χ4v) is 2.17. The Hall–Kier alpha value is -2.00. The molecular weight excluding hydrogens is 264 g/mol.